The number of para-hydroxylation sites is 1. The lowest BCUT2D eigenvalue weighted by molar-refractivity contribution is 0.157. The Bertz CT molecular complexity index is 759. The highest BCUT2D eigenvalue weighted by molar-refractivity contribution is 6.89. The number of ether oxygens (including phenoxy) is 1. The number of benzene rings is 2. The summed E-state index contributed by atoms with van der Waals surface area (Å²) in [6.45, 7) is 12.0. The van der Waals surface area contributed by atoms with Gasteiger partial charge in [-0.2, -0.15) is 0 Å². The van der Waals surface area contributed by atoms with Gasteiger partial charge >= 0.3 is 6.09 Å². The Kier molecular flexibility index (Phi) is 6.81. The molecule has 26 heavy (non-hydrogen) atoms. The van der Waals surface area contributed by atoms with Gasteiger partial charge in [0.05, 0.1) is 8.07 Å². The van der Waals surface area contributed by atoms with Gasteiger partial charge in [0.25, 0.3) is 0 Å². The molecule has 0 saturated heterocycles. The van der Waals surface area contributed by atoms with Crippen molar-refractivity contribution in [3.8, 4) is 5.75 Å². The lowest BCUT2D eigenvalue weighted by Crippen LogP contribution is -2.41. The fourth-order valence-electron chi connectivity index (χ4n) is 2.77. The maximum Gasteiger partial charge on any atom is 0.415 e. The van der Waals surface area contributed by atoms with Crippen LogP contribution in [0, 0.1) is 0 Å². The minimum atomic E-state index is -1.67. The van der Waals surface area contributed by atoms with Crippen LogP contribution in [0.4, 0.5) is 4.79 Å². The van der Waals surface area contributed by atoms with Crippen LogP contribution >= 0.6 is 0 Å². The molecule has 0 heterocycles. The quantitative estimate of drug-likeness (QED) is 0.516. The maximum atomic E-state index is 12.6. The van der Waals surface area contributed by atoms with E-state index in [9.17, 15) is 4.79 Å². The lowest BCUT2D eigenvalue weighted by Gasteiger charge is -2.24. The second-order valence-electron chi connectivity index (χ2n) is 7.26. The van der Waals surface area contributed by atoms with Crippen molar-refractivity contribution in [3.05, 3.63) is 59.7 Å². The molecule has 0 saturated carbocycles. The van der Waals surface area contributed by atoms with Crippen LogP contribution in [0.1, 0.15) is 25.0 Å². The number of carbonyl (C=O) groups excluding carboxylic acids is 1. The maximum absolute atomic E-state index is 12.6. The molecule has 0 fully saturated rings. The van der Waals surface area contributed by atoms with E-state index in [2.05, 4.69) is 43.9 Å². The smallest absolute Gasteiger partial charge is 0.410 e. The van der Waals surface area contributed by atoms with E-state index >= 15 is 0 Å². The van der Waals surface area contributed by atoms with Crippen molar-refractivity contribution >= 4 is 31.5 Å². The Morgan fingerprint density at radius 3 is 2.19 bits per heavy atom. The van der Waals surface area contributed by atoms with Crippen LogP contribution < -0.4 is 9.92 Å². The van der Waals surface area contributed by atoms with Gasteiger partial charge in [-0.25, -0.2) is 4.79 Å². The summed E-state index contributed by atoms with van der Waals surface area (Å²) in [6, 6.07) is 16.3. The highest BCUT2D eigenvalue weighted by Gasteiger charge is 2.25. The first-order valence-corrected chi connectivity index (χ1v) is 12.7. The summed E-state index contributed by atoms with van der Waals surface area (Å²) in [5.41, 5.74) is 2.06. The van der Waals surface area contributed by atoms with Crippen LogP contribution in [-0.2, 0) is 0 Å². The van der Waals surface area contributed by atoms with Crippen molar-refractivity contribution in [1.29, 1.82) is 0 Å². The van der Waals surface area contributed by atoms with Crippen molar-refractivity contribution in [1.82, 2.24) is 4.90 Å². The number of carbonyl (C=O) groups is 1. The van der Waals surface area contributed by atoms with Crippen molar-refractivity contribution in [3.63, 3.8) is 0 Å². The van der Waals surface area contributed by atoms with Crippen LogP contribution in [0.3, 0.4) is 0 Å². The average Bonchev–Trinajstić information content (AvgIpc) is 2.61. The third-order valence-electron chi connectivity index (χ3n) is 4.32. The molecule has 0 bridgehead atoms. The normalized spacial score (nSPS) is 11.6. The van der Waals surface area contributed by atoms with Crippen LogP contribution in [0.25, 0.3) is 12.2 Å². The average molecular weight is 368 g/mol. The zero-order valence-corrected chi connectivity index (χ0v) is 17.5. The summed E-state index contributed by atoms with van der Waals surface area (Å²) in [5.74, 6) is 0.704. The molecule has 2 aromatic carbocycles. The first-order valence-electron chi connectivity index (χ1n) is 9.20. The molecule has 2 aromatic rings. The van der Waals surface area contributed by atoms with Crippen molar-refractivity contribution in [2.75, 3.05) is 13.1 Å². The van der Waals surface area contributed by atoms with Gasteiger partial charge in [0.2, 0.25) is 0 Å². The second kappa shape index (κ2) is 8.85. The fourth-order valence-corrected chi connectivity index (χ4v) is 4.25. The minimum Gasteiger partial charge on any atom is -0.410 e. The molecule has 0 spiro atoms. The zero-order chi connectivity index (χ0) is 19.2. The third-order valence-corrected chi connectivity index (χ3v) is 6.33. The van der Waals surface area contributed by atoms with Gasteiger partial charge in [-0.05, 0) is 24.6 Å². The molecule has 2 rings (SSSR count). The minimum absolute atomic E-state index is 0.282. The highest BCUT2D eigenvalue weighted by atomic mass is 28.3. The molecule has 1 amide bonds. The predicted octanol–water partition coefficient (Wildman–Crippen LogP) is 5.24. The van der Waals surface area contributed by atoms with E-state index in [0.717, 1.165) is 16.3 Å². The van der Waals surface area contributed by atoms with E-state index in [1.165, 1.54) is 0 Å². The van der Waals surface area contributed by atoms with Gasteiger partial charge in [0, 0.05) is 18.7 Å². The molecule has 0 aliphatic rings. The molecule has 3 nitrogen and oxygen atoms in total. The molecule has 0 atom stereocenters. The first-order chi connectivity index (χ1) is 12.4. The van der Waals surface area contributed by atoms with E-state index < -0.39 is 8.07 Å². The second-order valence-corrected chi connectivity index (χ2v) is 12.3. The number of hydrogen-bond acceptors (Lipinski definition) is 2. The molecule has 0 aromatic heterocycles. The molecule has 0 unspecified atom stereocenters. The Morgan fingerprint density at radius 1 is 0.962 bits per heavy atom. The standard InChI is InChI=1S/C22H29NO2Si/c1-6-23(7-2)22(24)25-21-19(14-11-15-20(21)26(3,4)5)17-16-18-12-9-8-10-13-18/h8-17H,6-7H2,1-5H3/b17-16+. The molecule has 0 aliphatic heterocycles. The molecule has 0 radical (unpaired) electrons. The summed E-state index contributed by atoms with van der Waals surface area (Å²) in [6.07, 6.45) is 3.80. The van der Waals surface area contributed by atoms with E-state index in [4.69, 9.17) is 4.74 Å². The molecular weight excluding hydrogens is 338 g/mol. The van der Waals surface area contributed by atoms with Gasteiger partial charge in [-0.15, -0.1) is 0 Å². The van der Waals surface area contributed by atoms with Crippen LogP contribution in [0.15, 0.2) is 48.5 Å². The zero-order valence-electron chi connectivity index (χ0n) is 16.5. The Labute approximate surface area is 158 Å². The van der Waals surface area contributed by atoms with Gasteiger partial charge < -0.3 is 9.64 Å². The summed E-state index contributed by atoms with van der Waals surface area (Å²) < 4.78 is 5.91. The molecule has 0 N–H and O–H groups in total. The van der Waals surface area contributed by atoms with E-state index in [-0.39, 0.29) is 6.09 Å². The van der Waals surface area contributed by atoms with Crippen molar-refractivity contribution in [2.45, 2.75) is 33.5 Å². The number of hydrogen-bond donors (Lipinski definition) is 0. The first kappa shape index (κ1) is 20.0. The Balaban J connectivity index is 2.44. The topological polar surface area (TPSA) is 29.5 Å². The molecule has 0 aliphatic carbocycles. The van der Waals surface area contributed by atoms with Crippen LogP contribution in [0.5, 0.6) is 5.75 Å². The summed E-state index contributed by atoms with van der Waals surface area (Å²) >= 11 is 0. The lowest BCUT2D eigenvalue weighted by atomic mass is 10.1. The van der Waals surface area contributed by atoms with E-state index in [1.807, 2.05) is 50.3 Å². The molecular formula is C22H29NO2Si. The van der Waals surface area contributed by atoms with Crippen LogP contribution in [-0.4, -0.2) is 32.2 Å². The number of rotatable bonds is 6. The fraction of sp³-hybridized carbons (Fsp3) is 0.318. The van der Waals surface area contributed by atoms with Gasteiger partial charge in [0.1, 0.15) is 5.75 Å². The van der Waals surface area contributed by atoms with Gasteiger partial charge in [-0.3, -0.25) is 0 Å². The van der Waals surface area contributed by atoms with E-state index in [0.29, 0.717) is 18.8 Å². The Hall–Kier alpha value is -2.33. The molecule has 138 valence electrons. The summed E-state index contributed by atoms with van der Waals surface area (Å²) in [7, 11) is -1.67. The molecule has 4 heteroatoms. The van der Waals surface area contributed by atoms with Crippen molar-refractivity contribution in [2.24, 2.45) is 0 Å². The number of amides is 1. The van der Waals surface area contributed by atoms with Gasteiger partial charge in [0.15, 0.2) is 0 Å². The SMILES string of the molecule is CCN(CC)C(=O)Oc1c(/C=C/c2ccccc2)cccc1[Si](C)(C)C. The monoisotopic (exact) mass is 367 g/mol. The largest absolute Gasteiger partial charge is 0.415 e. The Morgan fingerprint density at radius 2 is 1.62 bits per heavy atom. The van der Waals surface area contributed by atoms with Crippen molar-refractivity contribution < 1.29 is 9.53 Å². The summed E-state index contributed by atoms with van der Waals surface area (Å²) in [4.78, 5) is 14.3. The third kappa shape index (κ3) is 5.08. The highest BCUT2D eigenvalue weighted by Crippen LogP contribution is 2.23. The summed E-state index contributed by atoms with van der Waals surface area (Å²) in [5, 5.41) is 1.16. The van der Waals surface area contributed by atoms with Gasteiger partial charge in [-0.1, -0.05) is 80.3 Å². The van der Waals surface area contributed by atoms with Crippen LogP contribution in [0.2, 0.25) is 19.6 Å². The van der Waals surface area contributed by atoms with E-state index in [1.54, 1.807) is 4.90 Å². The predicted molar refractivity (Wildman–Crippen MR) is 114 cm³/mol. The number of nitrogens with zero attached hydrogens (tertiary/aromatic N) is 1.